The third-order valence-corrected chi connectivity index (χ3v) is 4.00. The van der Waals surface area contributed by atoms with Gasteiger partial charge in [-0.05, 0) is 27.7 Å². The number of rotatable bonds is 5. The van der Waals surface area contributed by atoms with Crippen LogP contribution in [0.2, 0.25) is 0 Å². The van der Waals surface area contributed by atoms with Gasteiger partial charge in [0.2, 0.25) is 5.91 Å². The fourth-order valence-electron chi connectivity index (χ4n) is 2.21. The lowest BCUT2D eigenvalue weighted by Crippen LogP contribution is -2.45. The van der Waals surface area contributed by atoms with Crippen molar-refractivity contribution < 1.29 is 9.72 Å². The van der Waals surface area contributed by atoms with Crippen LogP contribution in [-0.2, 0) is 17.4 Å². The first kappa shape index (κ1) is 16.7. The van der Waals surface area contributed by atoms with E-state index in [1.54, 1.807) is 24.7 Å². The van der Waals surface area contributed by atoms with Crippen LogP contribution in [0.1, 0.15) is 38.1 Å². The summed E-state index contributed by atoms with van der Waals surface area (Å²) in [6.45, 7) is 7.10. The van der Waals surface area contributed by atoms with E-state index in [1.807, 2.05) is 20.9 Å². The molecule has 23 heavy (non-hydrogen) atoms. The van der Waals surface area contributed by atoms with Gasteiger partial charge in [-0.1, -0.05) is 0 Å². The standard InChI is InChI=1S/C14H20N6O3/c1-9(12-7-15-18(5)10(12)2)17-13(21)14(3,4)19-8-11(6-16-19)20(22)23/h6-9H,1-5H3,(H,17,21). The summed E-state index contributed by atoms with van der Waals surface area (Å²) < 4.78 is 3.03. The van der Waals surface area contributed by atoms with Gasteiger partial charge in [-0.15, -0.1) is 0 Å². The zero-order valence-corrected chi connectivity index (χ0v) is 13.8. The van der Waals surface area contributed by atoms with E-state index in [9.17, 15) is 14.9 Å². The Kier molecular flexibility index (Phi) is 4.22. The van der Waals surface area contributed by atoms with E-state index in [1.165, 1.54) is 10.9 Å². The first-order valence-corrected chi connectivity index (χ1v) is 7.13. The molecule has 9 heteroatoms. The van der Waals surface area contributed by atoms with Gasteiger partial charge in [0.15, 0.2) is 0 Å². The molecule has 2 heterocycles. The maximum Gasteiger partial charge on any atom is 0.307 e. The molecule has 1 N–H and O–H groups in total. The second kappa shape index (κ2) is 5.82. The minimum Gasteiger partial charge on any atom is -0.347 e. The zero-order chi connectivity index (χ0) is 17.4. The number of aromatic nitrogens is 4. The maximum absolute atomic E-state index is 12.6. The first-order valence-electron chi connectivity index (χ1n) is 7.13. The molecule has 0 aliphatic rings. The van der Waals surface area contributed by atoms with E-state index in [0.29, 0.717) is 0 Å². The van der Waals surface area contributed by atoms with E-state index >= 15 is 0 Å². The Labute approximate surface area is 133 Å². The second-order valence-corrected chi connectivity index (χ2v) is 5.96. The summed E-state index contributed by atoms with van der Waals surface area (Å²) >= 11 is 0. The molecular weight excluding hydrogens is 300 g/mol. The molecule has 0 aliphatic heterocycles. The Balaban J connectivity index is 2.17. The highest BCUT2D eigenvalue weighted by Gasteiger charge is 2.33. The maximum atomic E-state index is 12.6. The molecule has 1 unspecified atom stereocenters. The van der Waals surface area contributed by atoms with E-state index in [0.717, 1.165) is 17.5 Å². The molecular formula is C14H20N6O3. The number of nitrogens with zero attached hydrogens (tertiary/aromatic N) is 5. The minimum absolute atomic E-state index is 0.151. The van der Waals surface area contributed by atoms with Crippen LogP contribution in [0.3, 0.4) is 0 Å². The van der Waals surface area contributed by atoms with Crippen LogP contribution in [0.4, 0.5) is 5.69 Å². The fraction of sp³-hybridized carbons (Fsp3) is 0.500. The first-order chi connectivity index (χ1) is 10.6. The Morgan fingerprint density at radius 3 is 2.52 bits per heavy atom. The zero-order valence-electron chi connectivity index (χ0n) is 13.8. The topological polar surface area (TPSA) is 108 Å². The number of nitro groups is 1. The lowest BCUT2D eigenvalue weighted by Gasteiger charge is -2.26. The highest BCUT2D eigenvalue weighted by atomic mass is 16.6. The summed E-state index contributed by atoms with van der Waals surface area (Å²) in [4.78, 5) is 22.8. The number of hydrogen-bond donors (Lipinski definition) is 1. The van der Waals surface area contributed by atoms with Crippen molar-refractivity contribution >= 4 is 11.6 Å². The van der Waals surface area contributed by atoms with E-state index in [2.05, 4.69) is 15.5 Å². The Bertz CT molecular complexity index is 746. The molecule has 0 aliphatic carbocycles. The number of hydrogen-bond acceptors (Lipinski definition) is 5. The number of aryl methyl sites for hydroxylation is 1. The molecule has 0 spiro atoms. The third-order valence-electron chi connectivity index (χ3n) is 4.00. The van der Waals surface area contributed by atoms with Crippen molar-refractivity contribution in [2.24, 2.45) is 7.05 Å². The molecule has 0 fully saturated rings. The summed E-state index contributed by atoms with van der Waals surface area (Å²) in [5.74, 6) is -0.286. The van der Waals surface area contributed by atoms with Gasteiger partial charge in [0, 0.05) is 18.3 Å². The molecule has 0 radical (unpaired) electrons. The largest absolute Gasteiger partial charge is 0.347 e. The van der Waals surface area contributed by atoms with Gasteiger partial charge >= 0.3 is 5.69 Å². The Morgan fingerprint density at radius 2 is 2.04 bits per heavy atom. The van der Waals surface area contributed by atoms with Crippen molar-refractivity contribution in [2.45, 2.75) is 39.3 Å². The van der Waals surface area contributed by atoms with Gasteiger partial charge in [-0.2, -0.15) is 10.2 Å². The summed E-state index contributed by atoms with van der Waals surface area (Å²) in [6, 6.07) is -0.235. The molecule has 1 amide bonds. The molecule has 9 nitrogen and oxygen atoms in total. The molecule has 0 saturated carbocycles. The van der Waals surface area contributed by atoms with Gasteiger partial charge in [-0.3, -0.25) is 24.3 Å². The van der Waals surface area contributed by atoms with Crippen molar-refractivity contribution in [2.75, 3.05) is 0 Å². The number of carbonyl (C=O) groups excluding carboxylic acids is 1. The normalized spacial score (nSPS) is 12.9. The summed E-state index contributed by atoms with van der Waals surface area (Å²) in [5.41, 5.74) is 0.675. The Morgan fingerprint density at radius 1 is 1.39 bits per heavy atom. The quantitative estimate of drug-likeness (QED) is 0.662. The predicted molar refractivity (Wildman–Crippen MR) is 82.7 cm³/mol. The average Bonchev–Trinajstić information content (AvgIpc) is 3.07. The Hall–Kier alpha value is -2.71. The van der Waals surface area contributed by atoms with Crippen LogP contribution in [0, 0.1) is 17.0 Å². The van der Waals surface area contributed by atoms with E-state index < -0.39 is 10.5 Å². The summed E-state index contributed by atoms with van der Waals surface area (Å²) in [5, 5.41) is 21.8. The van der Waals surface area contributed by atoms with Crippen LogP contribution in [0.25, 0.3) is 0 Å². The summed E-state index contributed by atoms with van der Waals surface area (Å²) in [7, 11) is 1.83. The van der Waals surface area contributed by atoms with Gasteiger partial charge in [0.05, 0.1) is 17.2 Å². The molecule has 2 rings (SSSR count). The van der Waals surface area contributed by atoms with Gasteiger partial charge in [0.25, 0.3) is 0 Å². The number of carbonyl (C=O) groups is 1. The van der Waals surface area contributed by atoms with Crippen LogP contribution in [0.15, 0.2) is 18.6 Å². The molecule has 124 valence electrons. The monoisotopic (exact) mass is 320 g/mol. The molecule has 1 atom stereocenters. The van der Waals surface area contributed by atoms with Gasteiger partial charge in [-0.25, -0.2) is 0 Å². The smallest absolute Gasteiger partial charge is 0.307 e. The van der Waals surface area contributed by atoms with Crippen molar-refractivity contribution in [3.8, 4) is 0 Å². The van der Waals surface area contributed by atoms with Crippen LogP contribution >= 0.6 is 0 Å². The highest BCUT2D eigenvalue weighted by Crippen LogP contribution is 2.21. The minimum atomic E-state index is -1.06. The predicted octanol–water partition coefficient (Wildman–Crippen LogP) is 1.45. The number of nitrogens with one attached hydrogen (secondary N) is 1. The second-order valence-electron chi connectivity index (χ2n) is 5.96. The van der Waals surface area contributed by atoms with E-state index in [4.69, 9.17) is 0 Å². The van der Waals surface area contributed by atoms with Crippen molar-refractivity contribution in [1.29, 1.82) is 0 Å². The van der Waals surface area contributed by atoms with Gasteiger partial charge < -0.3 is 5.32 Å². The highest BCUT2D eigenvalue weighted by molar-refractivity contribution is 5.83. The van der Waals surface area contributed by atoms with Crippen molar-refractivity contribution in [3.63, 3.8) is 0 Å². The van der Waals surface area contributed by atoms with Crippen LogP contribution in [-0.4, -0.2) is 30.4 Å². The third kappa shape index (κ3) is 3.08. The van der Waals surface area contributed by atoms with E-state index in [-0.39, 0.29) is 17.6 Å². The molecule has 0 bridgehead atoms. The molecule has 0 aromatic carbocycles. The number of amides is 1. The van der Waals surface area contributed by atoms with Gasteiger partial charge in [0.1, 0.15) is 17.9 Å². The fourth-order valence-corrected chi connectivity index (χ4v) is 2.21. The van der Waals surface area contributed by atoms with Crippen molar-refractivity contribution in [3.05, 3.63) is 40.0 Å². The molecule has 0 saturated heterocycles. The lowest BCUT2D eigenvalue weighted by molar-refractivity contribution is -0.385. The lowest BCUT2D eigenvalue weighted by atomic mass is 10.0. The SMILES string of the molecule is Cc1c(C(C)NC(=O)C(C)(C)n2cc([N+](=O)[O-])cn2)cnn1C. The average molecular weight is 320 g/mol. The molecule has 2 aromatic heterocycles. The molecule has 2 aromatic rings. The van der Waals surface area contributed by atoms with Crippen molar-refractivity contribution in [1.82, 2.24) is 24.9 Å². The van der Waals surface area contributed by atoms with Crippen LogP contribution < -0.4 is 5.32 Å². The summed E-state index contributed by atoms with van der Waals surface area (Å²) in [6.07, 6.45) is 4.09. The van der Waals surface area contributed by atoms with Crippen LogP contribution in [0.5, 0.6) is 0 Å².